The average Bonchev–Trinajstić information content (AvgIpc) is 2.37. The molecule has 2 aliphatic rings. The van der Waals surface area contributed by atoms with Crippen LogP contribution in [0, 0.1) is 0 Å². The van der Waals surface area contributed by atoms with Gasteiger partial charge in [0.05, 0.1) is 12.1 Å². The first kappa shape index (κ1) is 12.2. The first-order valence-electron chi connectivity index (χ1n) is 6.42. The Bertz CT molecular complexity index is 293. The van der Waals surface area contributed by atoms with Crippen LogP contribution in [0.25, 0.3) is 0 Å². The lowest BCUT2D eigenvalue weighted by atomic mass is 9.62. The van der Waals surface area contributed by atoms with Gasteiger partial charge in [-0.1, -0.05) is 31.5 Å². The summed E-state index contributed by atoms with van der Waals surface area (Å²) in [5.74, 6) is 0. The normalized spacial score (nSPS) is 40.6. The molecule has 0 spiro atoms. The number of rotatable bonds is 0. The fraction of sp³-hybridized carbons (Fsp3) is 0.917. The second-order valence-electron chi connectivity index (χ2n) is 6.25. The van der Waals surface area contributed by atoms with Gasteiger partial charge in [-0.2, -0.15) is 0 Å². The minimum Gasteiger partial charge on any atom is -0.347 e. The lowest BCUT2D eigenvalue weighted by molar-refractivity contribution is 0.229. The predicted octanol–water partition coefficient (Wildman–Crippen LogP) is 1.66. The Morgan fingerprint density at radius 2 is 1.88 bits per heavy atom. The summed E-state index contributed by atoms with van der Waals surface area (Å²) in [6.07, 6.45) is 6.67. The number of hydrogen-bond donors (Lipinski definition) is 0. The number of nitrogens with zero attached hydrogens (tertiary/aromatic N) is 2. The third kappa shape index (κ3) is 2.09. The van der Waals surface area contributed by atoms with Crippen molar-refractivity contribution in [3.05, 3.63) is 0 Å². The molecule has 4 heteroatoms. The van der Waals surface area contributed by atoms with Crippen LogP contribution in [0.15, 0.2) is 0 Å². The summed E-state index contributed by atoms with van der Waals surface area (Å²) in [4.78, 5) is 4.65. The minimum atomic E-state index is 0.471. The van der Waals surface area contributed by atoms with Crippen LogP contribution in [0.2, 0.25) is 5.31 Å². The van der Waals surface area contributed by atoms with Crippen molar-refractivity contribution >= 4 is 25.2 Å². The van der Waals surface area contributed by atoms with E-state index in [0.29, 0.717) is 17.4 Å². The Balaban J connectivity index is 2.21. The van der Waals surface area contributed by atoms with Crippen LogP contribution in [0.4, 0.5) is 0 Å². The number of thiocarbonyl (C=S) groups is 1. The van der Waals surface area contributed by atoms with Gasteiger partial charge in [0, 0.05) is 14.1 Å². The van der Waals surface area contributed by atoms with E-state index in [9.17, 15) is 0 Å². The van der Waals surface area contributed by atoms with Crippen LogP contribution in [0.1, 0.15) is 39.0 Å². The highest BCUT2D eigenvalue weighted by Gasteiger charge is 2.42. The molecule has 0 radical (unpaired) electrons. The summed E-state index contributed by atoms with van der Waals surface area (Å²) in [5.41, 5.74) is 0. The molecule has 90 valence electrons. The van der Waals surface area contributed by atoms with E-state index in [2.05, 4.69) is 38.7 Å². The predicted molar refractivity (Wildman–Crippen MR) is 75.7 cm³/mol. The van der Waals surface area contributed by atoms with Gasteiger partial charge in [0.15, 0.2) is 5.11 Å². The molecule has 1 saturated carbocycles. The van der Waals surface area contributed by atoms with Gasteiger partial charge in [0.1, 0.15) is 7.85 Å². The van der Waals surface area contributed by atoms with Crippen molar-refractivity contribution in [1.29, 1.82) is 0 Å². The molecule has 3 unspecified atom stereocenters. The van der Waals surface area contributed by atoms with Gasteiger partial charge >= 0.3 is 0 Å². The summed E-state index contributed by atoms with van der Waals surface area (Å²) < 4.78 is 0. The molecule has 16 heavy (non-hydrogen) atoms. The molecular weight excluding hydrogens is 215 g/mol. The average molecular weight is 238 g/mol. The third-order valence-electron chi connectivity index (χ3n) is 4.41. The first-order valence-corrected chi connectivity index (χ1v) is 6.83. The van der Waals surface area contributed by atoms with E-state index in [1.54, 1.807) is 0 Å². The van der Waals surface area contributed by atoms with Crippen molar-refractivity contribution < 1.29 is 0 Å². The fourth-order valence-corrected chi connectivity index (χ4v) is 3.60. The van der Waals surface area contributed by atoms with Crippen molar-refractivity contribution in [3.8, 4) is 0 Å². The van der Waals surface area contributed by atoms with E-state index in [4.69, 9.17) is 12.2 Å². The third-order valence-corrected chi connectivity index (χ3v) is 4.98. The number of likely N-dealkylation sites (N-methyl/N-ethyl adjacent to an activating group) is 2. The lowest BCUT2D eigenvalue weighted by Gasteiger charge is -2.36. The van der Waals surface area contributed by atoms with Crippen molar-refractivity contribution in [2.45, 2.75) is 56.4 Å². The van der Waals surface area contributed by atoms with E-state index >= 15 is 0 Å². The molecule has 0 aromatic carbocycles. The second kappa shape index (κ2) is 4.21. The molecule has 0 aromatic heterocycles. The van der Waals surface area contributed by atoms with Crippen LogP contribution in [-0.2, 0) is 0 Å². The Morgan fingerprint density at radius 1 is 1.25 bits per heavy atom. The maximum absolute atomic E-state index is 5.49. The second-order valence-corrected chi connectivity index (χ2v) is 6.62. The smallest absolute Gasteiger partial charge is 0.171 e. The summed E-state index contributed by atoms with van der Waals surface area (Å²) in [5, 5.41) is 1.51. The van der Waals surface area contributed by atoms with Gasteiger partial charge in [0.25, 0.3) is 0 Å². The zero-order valence-corrected chi connectivity index (χ0v) is 11.8. The standard InChI is InChI=1S/C12H23BN2S/c1-12(13)7-5-4-6-9-10(8-12)15(3)11(16)14(9)2/h9-10H,4-8,13H2,1-3H3. The summed E-state index contributed by atoms with van der Waals surface area (Å²) in [6, 6.07) is 1.28. The van der Waals surface area contributed by atoms with Crippen LogP contribution < -0.4 is 0 Å². The van der Waals surface area contributed by atoms with Crippen LogP contribution >= 0.6 is 12.2 Å². The van der Waals surface area contributed by atoms with E-state index in [-0.39, 0.29) is 0 Å². The van der Waals surface area contributed by atoms with Crippen LogP contribution in [0.3, 0.4) is 0 Å². The Morgan fingerprint density at radius 3 is 2.56 bits per heavy atom. The Hall–Kier alpha value is -0.245. The Labute approximate surface area is 106 Å². The largest absolute Gasteiger partial charge is 0.347 e. The number of hydrogen-bond acceptors (Lipinski definition) is 1. The van der Waals surface area contributed by atoms with Gasteiger partial charge in [0.2, 0.25) is 0 Å². The maximum Gasteiger partial charge on any atom is 0.171 e. The summed E-state index contributed by atoms with van der Waals surface area (Å²) in [6.45, 7) is 2.41. The molecule has 0 aromatic rings. The van der Waals surface area contributed by atoms with Crippen molar-refractivity contribution in [2.24, 2.45) is 0 Å². The zero-order chi connectivity index (χ0) is 11.9. The van der Waals surface area contributed by atoms with Gasteiger partial charge in [-0.05, 0) is 25.1 Å². The van der Waals surface area contributed by atoms with Gasteiger partial charge in [-0.25, -0.2) is 0 Å². The highest BCUT2D eigenvalue weighted by atomic mass is 32.1. The molecule has 1 heterocycles. The minimum absolute atomic E-state index is 0.471. The number of fused-ring (bicyclic) bond motifs is 1. The fourth-order valence-electron chi connectivity index (χ4n) is 3.33. The van der Waals surface area contributed by atoms with E-state index in [1.165, 1.54) is 32.1 Å². The molecule has 0 amide bonds. The van der Waals surface area contributed by atoms with Crippen LogP contribution in [0.5, 0.6) is 0 Å². The van der Waals surface area contributed by atoms with Crippen molar-refractivity contribution in [3.63, 3.8) is 0 Å². The SMILES string of the molecule is BC1(C)CCCCC2C(C1)N(C)C(=S)N2C. The summed E-state index contributed by atoms with van der Waals surface area (Å²) in [7, 11) is 6.74. The highest BCUT2D eigenvalue weighted by Crippen LogP contribution is 2.41. The molecular formula is C12H23BN2S. The molecule has 1 aliphatic carbocycles. The molecule has 2 fully saturated rings. The Kier molecular flexibility index (Phi) is 3.21. The molecule has 0 N–H and O–H groups in total. The highest BCUT2D eigenvalue weighted by molar-refractivity contribution is 7.80. The van der Waals surface area contributed by atoms with Crippen molar-refractivity contribution in [2.75, 3.05) is 14.1 Å². The molecule has 0 bridgehead atoms. The van der Waals surface area contributed by atoms with Gasteiger partial charge < -0.3 is 9.80 Å². The van der Waals surface area contributed by atoms with Crippen LogP contribution in [-0.4, -0.2) is 48.9 Å². The molecule has 3 atom stereocenters. The van der Waals surface area contributed by atoms with Gasteiger partial charge in [-0.15, -0.1) is 0 Å². The first-order chi connectivity index (χ1) is 7.42. The van der Waals surface area contributed by atoms with E-state index in [0.717, 1.165) is 5.11 Å². The van der Waals surface area contributed by atoms with Gasteiger partial charge in [-0.3, -0.25) is 0 Å². The quantitative estimate of drug-likeness (QED) is 0.468. The topological polar surface area (TPSA) is 6.48 Å². The molecule has 1 saturated heterocycles. The monoisotopic (exact) mass is 238 g/mol. The molecule has 2 rings (SSSR count). The molecule has 1 aliphatic heterocycles. The van der Waals surface area contributed by atoms with E-state index in [1.807, 2.05) is 0 Å². The lowest BCUT2D eigenvalue weighted by Crippen LogP contribution is -2.39. The summed E-state index contributed by atoms with van der Waals surface area (Å²) >= 11 is 5.49. The maximum atomic E-state index is 5.49. The molecule has 2 nitrogen and oxygen atoms in total. The van der Waals surface area contributed by atoms with Crippen molar-refractivity contribution in [1.82, 2.24) is 9.80 Å². The zero-order valence-electron chi connectivity index (χ0n) is 11.0. The van der Waals surface area contributed by atoms with E-state index < -0.39 is 0 Å².